The molecule has 1 aromatic carbocycles. The van der Waals surface area contributed by atoms with Gasteiger partial charge >= 0.3 is 18.3 Å². The largest absolute Gasteiger partial charge is 0.490 e. The number of carbonyl (C=O) groups excluding carboxylic acids is 1. The van der Waals surface area contributed by atoms with Crippen molar-refractivity contribution < 1.29 is 49.8 Å². The number of nitrogens with one attached hydrogen (secondary N) is 2. The molecule has 1 saturated carbocycles. The number of aromatic nitrogens is 3. The van der Waals surface area contributed by atoms with Crippen molar-refractivity contribution in [2.45, 2.75) is 49.6 Å². The van der Waals surface area contributed by atoms with Crippen molar-refractivity contribution in [3.8, 4) is 0 Å². The van der Waals surface area contributed by atoms with Gasteiger partial charge in [0, 0.05) is 18.7 Å². The first-order valence-electron chi connectivity index (χ1n) is 11.0. The van der Waals surface area contributed by atoms with Crippen LogP contribution in [0.3, 0.4) is 0 Å². The molecule has 0 unspecified atom stereocenters. The van der Waals surface area contributed by atoms with E-state index in [0.29, 0.717) is 12.8 Å². The van der Waals surface area contributed by atoms with Crippen LogP contribution < -0.4 is 16.4 Å². The third-order valence-electron chi connectivity index (χ3n) is 5.62. The van der Waals surface area contributed by atoms with Crippen LogP contribution in [-0.4, -0.2) is 55.8 Å². The number of carboxylic acids is 1. The molecule has 9 nitrogen and oxygen atoms in total. The number of fused-ring (bicyclic) bond motifs is 1. The van der Waals surface area contributed by atoms with Crippen LogP contribution in [0.4, 0.5) is 46.6 Å². The number of benzene rings is 1. The average molecular weight is 568 g/mol. The molecule has 17 heteroatoms. The van der Waals surface area contributed by atoms with Crippen molar-refractivity contribution >= 4 is 29.0 Å². The highest BCUT2D eigenvalue weighted by Gasteiger charge is 2.45. The normalized spacial score (nSPS) is 19.1. The van der Waals surface area contributed by atoms with E-state index in [4.69, 9.17) is 15.6 Å². The summed E-state index contributed by atoms with van der Waals surface area (Å²) in [7, 11) is 0. The number of alkyl halides is 8. The summed E-state index contributed by atoms with van der Waals surface area (Å²) < 4.78 is 100. The van der Waals surface area contributed by atoms with Gasteiger partial charge in [-0.05, 0) is 31.0 Å². The lowest BCUT2D eigenvalue weighted by molar-refractivity contribution is -0.192. The second kappa shape index (κ2) is 11.0. The summed E-state index contributed by atoms with van der Waals surface area (Å²) in [6, 6.07) is 3.93. The van der Waals surface area contributed by atoms with Gasteiger partial charge in [-0.15, -0.1) is 0 Å². The lowest BCUT2D eigenvalue weighted by Gasteiger charge is -2.36. The Morgan fingerprint density at radius 1 is 1.10 bits per heavy atom. The van der Waals surface area contributed by atoms with Crippen molar-refractivity contribution in [1.29, 1.82) is 0 Å². The van der Waals surface area contributed by atoms with Crippen LogP contribution in [0.2, 0.25) is 0 Å². The first-order valence-corrected chi connectivity index (χ1v) is 11.0. The Labute approximate surface area is 214 Å². The third-order valence-corrected chi connectivity index (χ3v) is 5.62. The van der Waals surface area contributed by atoms with E-state index >= 15 is 0 Å². The molecule has 2 heterocycles. The molecule has 0 saturated heterocycles. The standard InChI is InChI=1S/C20H19F5N6O.C2HF3O2/c21-19(22)8-3-6-14(16(19)26)28-15-7-9-31-17(30-15)11(10-27-31)18(32)29-13-5-2-1-4-12(13)20(23,24)25;3-2(4,5)1(6)7/h1-2,4-5,7,9-10,14,16H,3,6,8,26H2,(H,28,30)(H,29,32);(H,6,7)/t14-,16-;/m1./s1. The molecule has 2 aromatic heterocycles. The van der Waals surface area contributed by atoms with Gasteiger partial charge in [0.15, 0.2) is 5.65 Å². The first kappa shape index (κ1) is 29.5. The lowest BCUT2D eigenvalue weighted by atomic mass is 9.87. The van der Waals surface area contributed by atoms with Gasteiger partial charge in [0.2, 0.25) is 0 Å². The van der Waals surface area contributed by atoms with Crippen molar-refractivity contribution in [1.82, 2.24) is 14.6 Å². The number of carboxylic acid groups (broad SMARTS) is 1. The predicted molar refractivity (Wildman–Crippen MR) is 120 cm³/mol. The number of carbonyl (C=O) groups is 2. The Morgan fingerprint density at radius 3 is 2.36 bits per heavy atom. The lowest BCUT2D eigenvalue weighted by Crippen LogP contribution is -2.55. The topological polar surface area (TPSA) is 135 Å². The number of amides is 1. The summed E-state index contributed by atoms with van der Waals surface area (Å²) in [4.78, 5) is 25.8. The highest BCUT2D eigenvalue weighted by Crippen LogP contribution is 2.35. The smallest absolute Gasteiger partial charge is 0.475 e. The van der Waals surface area contributed by atoms with Gasteiger partial charge < -0.3 is 21.5 Å². The maximum atomic E-state index is 13.9. The first-order chi connectivity index (χ1) is 18.0. The highest BCUT2D eigenvalue weighted by molar-refractivity contribution is 6.08. The Bertz CT molecular complexity index is 1340. The molecule has 0 spiro atoms. The number of hydrogen-bond acceptors (Lipinski definition) is 6. The SMILES string of the molecule is N[C@@H]1[C@H](Nc2ccn3ncc(C(=O)Nc4ccccc4C(F)(F)F)c3n2)CCCC1(F)F.O=C(O)C(F)(F)F. The Hall–Kier alpha value is -4.02. The van der Waals surface area contributed by atoms with Crippen LogP contribution in [-0.2, 0) is 11.0 Å². The molecule has 2 atom stereocenters. The van der Waals surface area contributed by atoms with Crippen molar-refractivity contribution in [3.05, 3.63) is 53.9 Å². The van der Waals surface area contributed by atoms with Gasteiger partial charge in [-0.1, -0.05) is 12.1 Å². The number of rotatable bonds is 4. The predicted octanol–water partition coefficient (Wildman–Crippen LogP) is 4.56. The van der Waals surface area contributed by atoms with Crippen LogP contribution >= 0.6 is 0 Å². The molecule has 1 aliphatic rings. The fraction of sp³-hybridized carbons (Fsp3) is 0.364. The van der Waals surface area contributed by atoms with E-state index in [1.165, 1.54) is 28.9 Å². The zero-order valence-electron chi connectivity index (χ0n) is 19.5. The monoisotopic (exact) mass is 568 g/mol. The third kappa shape index (κ3) is 7.10. The summed E-state index contributed by atoms with van der Waals surface area (Å²) in [5.74, 6) is -6.41. The molecule has 1 aliphatic carbocycles. The van der Waals surface area contributed by atoms with Crippen molar-refractivity contribution in [2.75, 3.05) is 10.6 Å². The van der Waals surface area contributed by atoms with Crippen LogP contribution in [0, 0.1) is 0 Å². The molecule has 212 valence electrons. The van der Waals surface area contributed by atoms with E-state index in [1.54, 1.807) is 0 Å². The maximum Gasteiger partial charge on any atom is 0.490 e. The highest BCUT2D eigenvalue weighted by atomic mass is 19.4. The zero-order chi connectivity index (χ0) is 29.2. The minimum absolute atomic E-state index is 0.0492. The molecule has 0 aliphatic heterocycles. The van der Waals surface area contributed by atoms with E-state index in [9.17, 15) is 39.9 Å². The summed E-state index contributed by atoms with van der Waals surface area (Å²) in [5.41, 5.74) is 4.26. The summed E-state index contributed by atoms with van der Waals surface area (Å²) in [5, 5.41) is 16.2. The van der Waals surface area contributed by atoms with Crippen molar-refractivity contribution in [3.63, 3.8) is 0 Å². The van der Waals surface area contributed by atoms with Crippen LogP contribution in [0.25, 0.3) is 5.65 Å². The minimum Gasteiger partial charge on any atom is -0.475 e. The van der Waals surface area contributed by atoms with Gasteiger partial charge in [-0.3, -0.25) is 4.79 Å². The molecule has 5 N–H and O–H groups in total. The van der Waals surface area contributed by atoms with E-state index in [-0.39, 0.29) is 23.4 Å². The summed E-state index contributed by atoms with van der Waals surface area (Å²) in [6.07, 6.45) is -6.69. The molecule has 39 heavy (non-hydrogen) atoms. The number of nitrogens with zero attached hydrogens (tertiary/aromatic N) is 3. The van der Waals surface area contributed by atoms with Crippen LogP contribution in [0.1, 0.15) is 35.2 Å². The van der Waals surface area contributed by atoms with Crippen molar-refractivity contribution in [2.24, 2.45) is 5.73 Å². The minimum atomic E-state index is -5.08. The molecule has 0 radical (unpaired) electrons. The van der Waals surface area contributed by atoms with E-state index in [2.05, 4.69) is 20.7 Å². The number of halogens is 8. The number of para-hydroxylation sites is 1. The molecule has 1 fully saturated rings. The van der Waals surface area contributed by atoms with Crippen LogP contribution in [0.5, 0.6) is 0 Å². The summed E-state index contributed by atoms with van der Waals surface area (Å²) in [6.45, 7) is 0. The Balaban J connectivity index is 0.000000532. The second-order valence-corrected chi connectivity index (χ2v) is 8.37. The van der Waals surface area contributed by atoms with E-state index < -0.39 is 53.5 Å². The van der Waals surface area contributed by atoms with Gasteiger partial charge in [0.25, 0.3) is 11.8 Å². The Morgan fingerprint density at radius 2 is 1.74 bits per heavy atom. The fourth-order valence-electron chi connectivity index (χ4n) is 3.69. The molecule has 3 aromatic rings. The maximum absolute atomic E-state index is 13.9. The molecule has 4 rings (SSSR count). The van der Waals surface area contributed by atoms with E-state index in [0.717, 1.165) is 18.3 Å². The number of nitrogens with two attached hydrogens (primary N) is 1. The van der Waals surface area contributed by atoms with Gasteiger partial charge in [0.05, 0.1) is 23.5 Å². The average Bonchev–Trinajstić information content (AvgIpc) is 3.25. The van der Waals surface area contributed by atoms with Crippen LogP contribution in [0.15, 0.2) is 42.7 Å². The second-order valence-electron chi connectivity index (χ2n) is 8.37. The van der Waals surface area contributed by atoms with Gasteiger partial charge in [0.1, 0.15) is 11.4 Å². The number of anilines is 2. The Kier molecular flexibility index (Phi) is 8.33. The molecule has 1 amide bonds. The summed E-state index contributed by atoms with van der Waals surface area (Å²) >= 11 is 0. The molecular weight excluding hydrogens is 548 g/mol. The van der Waals surface area contributed by atoms with E-state index in [1.807, 2.05) is 0 Å². The van der Waals surface area contributed by atoms with Gasteiger partial charge in [-0.2, -0.15) is 31.4 Å². The number of aliphatic carboxylic acids is 1. The molecule has 0 bridgehead atoms. The molecular formula is C22H20F8N6O3. The fourth-order valence-corrected chi connectivity index (χ4v) is 3.69. The quantitative estimate of drug-likeness (QED) is 0.339. The zero-order valence-corrected chi connectivity index (χ0v) is 19.5. The van der Waals surface area contributed by atoms with Gasteiger partial charge in [-0.25, -0.2) is 23.1 Å². The number of hydrogen-bond donors (Lipinski definition) is 4.